The lowest BCUT2D eigenvalue weighted by Crippen LogP contribution is -2.35. The molecule has 1 amide bonds. The van der Waals surface area contributed by atoms with Crippen molar-refractivity contribution in [3.8, 4) is 0 Å². The lowest BCUT2D eigenvalue weighted by Gasteiger charge is -2.26. The van der Waals surface area contributed by atoms with Crippen molar-refractivity contribution < 1.29 is 4.79 Å². The first-order valence-corrected chi connectivity index (χ1v) is 9.38. The third-order valence-electron chi connectivity index (χ3n) is 4.04. The highest BCUT2D eigenvalue weighted by Gasteiger charge is 2.23. The summed E-state index contributed by atoms with van der Waals surface area (Å²) in [7, 11) is 1.88. The average molecular weight is 366 g/mol. The Bertz CT molecular complexity index is 794. The normalized spacial score (nSPS) is 11.9. The van der Waals surface area contributed by atoms with Gasteiger partial charge in [-0.15, -0.1) is 10.2 Å². The molecule has 0 aliphatic carbocycles. The Labute approximate surface area is 158 Å². The van der Waals surface area contributed by atoms with Crippen LogP contribution in [0.3, 0.4) is 0 Å². The van der Waals surface area contributed by atoms with E-state index >= 15 is 0 Å². The third-order valence-corrected chi connectivity index (χ3v) is 5.18. The van der Waals surface area contributed by atoms with Gasteiger partial charge in [-0.05, 0) is 18.1 Å². The van der Waals surface area contributed by atoms with Gasteiger partial charge in [-0.3, -0.25) is 4.79 Å². The predicted molar refractivity (Wildman–Crippen MR) is 103 cm³/mol. The number of hydrogen-bond donors (Lipinski definition) is 0. The summed E-state index contributed by atoms with van der Waals surface area (Å²) in [6.45, 7) is 3.08. The van der Waals surface area contributed by atoms with Gasteiger partial charge in [-0.2, -0.15) is 0 Å². The van der Waals surface area contributed by atoms with Crippen LogP contribution in [0, 0.1) is 0 Å². The van der Waals surface area contributed by atoms with Crippen LogP contribution in [0.2, 0.25) is 0 Å². The van der Waals surface area contributed by atoms with Gasteiger partial charge < -0.3 is 9.47 Å². The van der Waals surface area contributed by atoms with Crippen molar-refractivity contribution in [2.24, 2.45) is 7.05 Å². The molecule has 1 atom stereocenters. The molecule has 1 aromatic heterocycles. The van der Waals surface area contributed by atoms with Crippen molar-refractivity contribution in [3.05, 3.63) is 78.1 Å². The molecular weight excluding hydrogens is 344 g/mol. The summed E-state index contributed by atoms with van der Waals surface area (Å²) in [6.07, 6.45) is 1.64. The van der Waals surface area contributed by atoms with Gasteiger partial charge in [0.2, 0.25) is 5.91 Å². The number of benzene rings is 2. The van der Waals surface area contributed by atoms with E-state index < -0.39 is 0 Å². The van der Waals surface area contributed by atoms with Crippen molar-refractivity contribution in [2.45, 2.75) is 30.4 Å². The summed E-state index contributed by atoms with van der Waals surface area (Å²) in [6, 6.07) is 20.2. The van der Waals surface area contributed by atoms with E-state index in [1.165, 1.54) is 11.8 Å². The van der Waals surface area contributed by atoms with Crippen LogP contribution < -0.4 is 0 Å². The molecule has 3 aromatic rings. The van der Waals surface area contributed by atoms with Gasteiger partial charge in [0.15, 0.2) is 5.16 Å². The molecule has 0 spiro atoms. The lowest BCUT2D eigenvalue weighted by atomic mass is 10.1. The second kappa shape index (κ2) is 8.67. The Morgan fingerprint density at radius 1 is 1.04 bits per heavy atom. The molecule has 6 heteroatoms. The fourth-order valence-corrected chi connectivity index (χ4v) is 3.54. The number of carbonyl (C=O) groups excluding carboxylic acids is 1. The predicted octanol–water partition coefficient (Wildman–Crippen LogP) is 3.52. The maximum absolute atomic E-state index is 13.1. The van der Waals surface area contributed by atoms with Crippen molar-refractivity contribution in [2.75, 3.05) is 0 Å². The van der Waals surface area contributed by atoms with Crippen molar-refractivity contribution in [1.82, 2.24) is 19.7 Å². The molecule has 0 N–H and O–H groups in total. The molecule has 0 saturated heterocycles. The quantitative estimate of drug-likeness (QED) is 0.600. The van der Waals surface area contributed by atoms with Crippen LogP contribution in [0.1, 0.15) is 18.1 Å². The van der Waals surface area contributed by atoms with Crippen LogP contribution in [-0.4, -0.2) is 30.8 Å². The smallest absolute Gasteiger partial charge is 0.236 e. The molecule has 0 aliphatic rings. The van der Waals surface area contributed by atoms with E-state index in [2.05, 4.69) is 10.2 Å². The molecular formula is C20H22N4OS. The van der Waals surface area contributed by atoms with Gasteiger partial charge in [0.1, 0.15) is 6.33 Å². The molecule has 0 radical (unpaired) electrons. The van der Waals surface area contributed by atoms with Crippen LogP contribution >= 0.6 is 11.8 Å². The first kappa shape index (κ1) is 18.2. The first-order chi connectivity index (χ1) is 12.6. The van der Waals surface area contributed by atoms with Crippen LogP contribution in [-0.2, 0) is 24.9 Å². The third kappa shape index (κ3) is 4.73. The van der Waals surface area contributed by atoms with E-state index in [1.807, 2.05) is 84.1 Å². The molecule has 5 nitrogen and oxygen atoms in total. The summed E-state index contributed by atoms with van der Waals surface area (Å²) in [5, 5.41) is 8.45. The summed E-state index contributed by atoms with van der Waals surface area (Å²) in [4.78, 5) is 15.0. The van der Waals surface area contributed by atoms with Gasteiger partial charge >= 0.3 is 0 Å². The Kier molecular flexibility index (Phi) is 6.07. The number of nitrogens with zero attached hydrogens (tertiary/aromatic N) is 4. The lowest BCUT2D eigenvalue weighted by molar-refractivity contribution is -0.131. The first-order valence-electron chi connectivity index (χ1n) is 8.51. The number of aryl methyl sites for hydroxylation is 1. The monoisotopic (exact) mass is 366 g/mol. The summed E-state index contributed by atoms with van der Waals surface area (Å²) < 4.78 is 1.83. The zero-order chi connectivity index (χ0) is 18.4. The minimum absolute atomic E-state index is 0.0886. The number of hydrogen-bond acceptors (Lipinski definition) is 4. The second-order valence-electron chi connectivity index (χ2n) is 6.15. The molecule has 26 heavy (non-hydrogen) atoms. The van der Waals surface area contributed by atoms with Crippen LogP contribution in [0.15, 0.2) is 72.1 Å². The maximum Gasteiger partial charge on any atom is 0.236 e. The van der Waals surface area contributed by atoms with E-state index in [9.17, 15) is 4.79 Å². The molecule has 134 valence electrons. The number of aromatic nitrogens is 3. The number of rotatable bonds is 7. The largest absolute Gasteiger partial charge is 0.333 e. The highest BCUT2D eigenvalue weighted by atomic mass is 32.2. The molecule has 2 aromatic carbocycles. The van der Waals surface area contributed by atoms with Gasteiger partial charge in [0.25, 0.3) is 0 Å². The minimum Gasteiger partial charge on any atom is -0.333 e. The average Bonchev–Trinajstić information content (AvgIpc) is 3.07. The SMILES string of the molecule is C[C@@H](Sc1nncn1C)C(=O)N(Cc1ccccc1)Cc1ccccc1. The second-order valence-corrected chi connectivity index (χ2v) is 7.46. The van der Waals surface area contributed by atoms with E-state index in [0.717, 1.165) is 16.3 Å². The fraction of sp³-hybridized carbons (Fsp3) is 0.250. The van der Waals surface area contributed by atoms with Crippen LogP contribution in [0.25, 0.3) is 0 Å². The van der Waals surface area contributed by atoms with E-state index in [1.54, 1.807) is 6.33 Å². The van der Waals surface area contributed by atoms with Gasteiger partial charge in [-0.1, -0.05) is 72.4 Å². The van der Waals surface area contributed by atoms with E-state index in [-0.39, 0.29) is 11.2 Å². The van der Waals surface area contributed by atoms with Gasteiger partial charge in [0, 0.05) is 20.1 Å². The Morgan fingerprint density at radius 2 is 1.58 bits per heavy atom. The fourth-order valence-electron chi connectivity index (χ4n) is 2.66. The zero-order valence-corrected chi connectivity index (χ0v) is 15.8. The topological polar surface area (TPSA) is 51.0 Å². The molecule has 0 saturated carbocycles. The van der Waals surface area contributed by atoms with Crippen molar-refractivity contribution in [1.29, 1.82) is 0 Å². The molecule has 0 bridgehead atoms. The van der Waals surface area contributed by atoms with Gasteiger partial charge in [0.05, 0.1) is 5.25 Å². The highest BCUT2D eigenvalue weighted by molar-refractivity contribution is 8.00. The van der Waals surface area contributed by atoms with Crippen LogP contribution in [0.4, 0.5) is 0 Å². The zero-order valence-electron chi connectivity index (χ0n) is 14.9. The number of thioether (sulfide) groups is 1. The molecule has 0 fully saturated rings. The number of amides is 1. The van der Waals surface area contributed by atoms with E-state index in [4.69, 9.17) is 0 Å². The van der Waals surface area contributed by atoms with Crippen LogP contribution in [0.5, 0.6) is 0 Å². The van der Waals surface area contributed by atoms with Crippen molar-refractivity contribution >= 4 is 17.7 Å². The molecule has 0 unspecified atom stereocenters. The Balaban J connectivity index is 1.76. The Hall–Kier alpha value is -2.60. The Morgan fingerprint density at radius 3 is 2.04 bits per heavy atom. The maximum atomic E-state index is 13.1. The van der Waals surface area contributed by atoms with E-state index in [0.29, 0.717) is 13.1 Å². The summed E-state index contributed by atoms with van der Waals surface area (Å²) in [5.41, 5.74) is 2.24. The summed E-state index contributed by atoms with van der Waals surface area (Å²) in [5.74, 6) is 0.0886. The minimum atomic E-state index is -0.245. The molecule has 0 aliphatic heterocycles. The van der Waals surface area contributed by atoms with Gasteiger partial charge in [-0.25, -0.2) is 0 Å². The highest BCUT2D eigenvalue weighted by Crippen LogP contribution is 2.23. The standard InChI is InChI=1S/C20H22N4OS/c1-16(26-20-22-21-15-23(20)2)19(25)24(13-17-9-5-3-6-10-17)14-18-11-7-4-8-12-18/h3-12,15-16H,13-14H2,1-2H3/t16-/m1/s1. The molecule has 1 heterocycles. The van der Waals surface area contributed by atoms with Crippen molar-refractivity contribution in [3.63, 3.8) is 0 Å². The molecule has 3 rings (SSSR count). The summed E-state index contributed by atoms with van der Waals surface area (Å²) >= 11 is 1.43. The number of carbonyl (C=O) groups is 1.